The summed E-state index contributed by atoms with van der Waals surface area (Å²) in [5.41, 5.74) is 0. The number of hydrogen-bond donors (Lipinski definition) is 0. The maximum atomic E-state index is 10.7. The quantitative estimate of drug-likeness (QED) is 0.710. The van der Waals surface area contributed by atoms with Gasteiger partial charge in [0.15, 0.2) is 0 Å². The largest absolute Gasteiger partial charge is 0.473 e. The van der Waals surface area contributed by atoms with Crippen LogP contribution in [0, 0.1) is 0 Å². The zero-order valence-electron chi connectivity index (χ0n) is 9.13. The highest BCUT2D eigenvalue weighted by atomic mass is 32.2. The molecule has 0 bridgehead atoms. The summed E-state index contributed by atoms with van der Waals surface area (Å²) >= 11 is 0. The van der Waals surface area contributed by atoms with Crippen molar-refractivity contribution < 1.29 is 26.6 Å². The monoisotopic (exact) mass is 260 g/mol. The van der Waals surface area contributed by atoms with Crippen LogP contribution >= 0.6 is 7.82 Å². The van der Waals surface area contributed by atoms with Crippen LogP contribution in [0.5, 0.6) is 0 Å². The Labute approximate surface area is 90.4 Å². The van der Waals surface area contributed by atoms with Crippen molar-refractivity contribution in [3.05, 3.63) is 0 Å². The smallest absolute Gasteiger partial charge is 0.290 e. The Morgan fingerprint density at radius 1 is 0.933 bits per heavy atom. The first-order chi connectivity index (χ1) is 6.89. The summed E-state index contributed by atoms with van der Waals surface area (Å²) in [6.45, 7) is 0. The van der Waals surface area contributed by atoms with Gasteiger partial charge in [-0.2, -0.15) is 0 Å². The Morgan fingerprint density at radius 2 is 1.27 bits per heavy atom. The molecule has 0 saturated carbocycles. The van der Waals surface area contributed by atoms with Gasteiger partial charge in [0.1, 0.15) is 9.84 Å². The van der Waals surface area contributed by atoms with Gasteiger partial charge in [0.2, 0.25) is 0 Å². The van der Waals surface area contributed by atoms with E-state index in [4.69, 9.17) is 0 Å². The number of phosphoric ester groups is 1. The lowest BCUT2D eigenvalue weighted by molar-refractivity contribution is 0.178. The normalized spacial score (nSPS) is 19.4. The standard InChI is InChI=1S/C4H8O2S.C3H9O4P/c5-7(6)3-1-2-4-7;1-5-8(4,6-2)7-3/h1-4H2;1-3H3. The van der Waals surface area contributed by atoms with Crippen LogP contribution in [-0.2, 0) is 28.0 Å². The molecule has 0 unspecified atom stereocenters. The number of hydrogen-bond acceptors (Lipinski definition) is 6. The molecule has 92 valence electrons. The molecular weight excluding hydrogens is 243 g/mol. The van der Waals surface area contributed by atoms with Gasteiger partial charge in [-0.1, -0.05) is 0 Å². The van der Waals surface area contributed by atoms with Crippen LogP contribution in [0.25, 0.3) is 0 Å². The fourth-order valence-corrected chi connectivity index (χ4v) is 2.91. The van der Waals surface area contributed by atoms with Crippen LogP contribution in [-0.4, -0.2) is 41.3 Å². The number of phosphoric acid groups is 1. The molecule has 8 heteroatoms. The fraction of sp³-hybridized carbons (Fsp3) is 1.00. The fourth-order valence-electron chi connectivity index (χ4n) is 0.970. The molecule has 0 aromatic carbocycles. The van der Waals surface area contributed by atoms with Gasteiger partial charge >= 0.3 is 7.82 Å². The summed E-state index contributed by atoms with van der Waals surface area (Å²) in [6, 6.07) is 0. The van der Waals surface area contributed by atoms with Crippen molar-refractivity contribution in [2.24, 2.45) is 0 Å². The lowest BCUT2D eigenvalue weighted by Gasteiger charge is -2.08. The van der Waals surface area contributed by atoms with Gasteiger partial charge in [0.05, 0.1) is 11.5 Å². The molecule has 1 aliphatic rings. The minimum absolute atomic E-state index is 0.424. The topological polar surface area (TPSA) is 78.9 Å². The van der Waals surface area contributed by atoms with Crippen molar-refractivity contribution in [3.63, 3.8) is 0 Å². The Balaban J connectivity index is 0.000000262. The van der Waals surface area contributed by atoms with Crippen molar-refractivity contribution in [1.29, 1.82) is 0 Å². The zero-order valence-corrected chi connectivity index (χ0v) is 10.8. The molecule has 1 aliphatic heterocycles. The van der Waals surface area contributed by atoms with Gasteiger partial charge < -0.3 is 0 Å². The summed E-state index contributed by atoms with van der Waals surface area (Å²) in [4.78, 5) is 0. The van der Waals surface area contributed by atoms with Crippen molar-refractivity contribution in [2.75, 3.05) is 32.8 Å². The maximum Gasteiger partial charge on any atom is 0.473 e. The summed E-state index contributed by atoms with van der Waals surface area (Å²) in [5.74, 6) is 0.847. The number of sulfone groups is 1. The van der Waals surface area contributed by atoms with Crippen molar-refractivity contribution in [2.45, 2.75) is 12.8 Å². The molecular formula is C7H17O6PS. The first-order valence-corrected chi connectivity index (χ1v) is 7.65. The van der Waals surface area contributed by atoms with E-state index in [1.807, 2.05) is 0 Å². The molecule has 6 nitrogen and oxygen atoms in total. The van der Waals surface area contributed by atoms with Gasteiger partial charge in [0, 0.05) is 21.3 Å². The van der Waals surface area contributed by atoms with Gasteiger partial charge in [0.25, 0.3) is 0 Å². The van der Waals surface area contributed by atoms with E-state index >= 15 is 0 Å². The van der Waals surface area contributed by atoms with Gasteiger partial charge in [-0.3, -0.25) is 13.6 Å². The Hall–Kier alpha value is 0.0600. The van der Waals surface area contributed by atoms with E-state index in [9.17, 15) is 13.0 Å². The third-order valence-corrected chi connectivity index (χ3v) is 4.99. The maximum absolute atomic E-state index is 10.7. The molecule has 0 atom stereocenters. The van der Waals surface area contributed by atoms with Crippen molar-refractivity contribution in [1.82, 2.24) is 0 Å². The molecule has 0 amide bonds. The zero-order chi connectivity index (χ0) is 11.9. The van der Waals surface area contributed by atoms with E-state index in [-0.39, 0.29) is 0 Å². The first-order valence-electron chi connectivity index (χ1n) is 4.37. The summed E-state index contributed by atoms with van der Waals surface area (Å²) in [7, 11) is -1.94. The Kier molecular flexibility index (Phi) is 6.63. The van der Waals surface area contributed by atoms with E-state index < -0.39 is 17.7 Å². The summed E-state index contributed by atoms with van der Waals surface area (Å²) in [6.07, 6.45) is 1.75. The van der Waals surface area contributed by atoms with E-state index in [1.165, 1.54) is 21.3 Å². The molecule has 1 heterocycles. The lowest BCUT2D eigenvalue weighted by Crippen LogP contribution is -1.98. The SMILES string of the molecule is COP(=O)(OC)OC.O=S1(=O)CCCC1. The van der Waals surface area contributed by atoms with E-state index in [0.717, 1.165) is 12.8 Å². The summed E-state index contributed by atoms with van der Waals surface area (Å²) < 4.78 is 44.6. The van der Waals surface area contributed by atoms with Crippen LogP contribution in [0.1, 0.15) is 12.8 Å². The average Bonchev–Trinajstić information content (AvgIpc) is 2.63. The molecule has 15 heavy (non-hydrogen) atoms. The predicted molar refractivity (Wildman–Crippen MR) is 56.5 cm³/mol. The highest BCUT2D eigenvalue weighted by molar-refractivity contribution is 7.91. The lowest BCUT2D eigenvalue weighted by atomic mass is 10.4. The molecule has 0 radical (unpaired) electrons. The summed E-state index contributed by atoms with van der Waals surface area (Å²) in [5, 5.41) is 0. The van der Waals surface area contributed by atoms with E-state index in [1.54, 1.807) is 0 Å². The predicted octanol–water partition coefficient (Wildman–Crippen LogP) is 1.23. The van der Waals surface area contributed by atoms with Crippen LogP contribution in [0.3, 0.4) is 0 Å². The second kappa shape index (κ2) is 6.60. The van der Waals surface area contributed by atoms with Crippen molar-refractivity contribution >= 4 is 17.7 Å². The van der Waals surface area contributed by atoms with Gasteiger partial charge in [-0.25, -0.2) is 13.0 Å². The number of rotatable bonds is 3. The highest BCUT2D eigenvalue weighted by Crippen LogP contribution is 2.46. The van der Waals surface area contributed by atoms with Gasteiger partial charge in [-0.05, 0) is 12.8 Å². The van der Waals surface area contributed by atoms with E-state index in [2.05, 4.69) is 13.6 Å². The van der Waals surface area contributed by atoms with Crippen LogP contribution < -0.4 is 0 Å². The van der Waals surface area contributed by atoms with Crippen LogP contribution in [0.2, 0.25) is 0 Å². The molecule has 0 aromatic rings. The van der Waals surface area contributed by atoms with Gasteiger partial charge in [-0.15, -0.1) is 0 Å². The molecule has 0 aromatic heterocycles. The third kappa shape index (κ3) is 6.27. The minimum Gasteiger partial charge on any atom is -0.290 e. The highest BCUT2D eigenvalue weighted by Gasteiger charge is 2.18. The average molecular weight is 260 g/mol. The molecule has 1 saturated heterocycles. The molecule has 0 aliphatic carbocycles. The minimum atomic E-state index is -3.16. The molecule has 0 N–H and O–H groups in total. The Morgan fingerprint density at radius 3 is 1.33 bits per heavy atom. The van der Waals surface area contributed by atoms with E-state index in [0.29, 0.717) is 11.5 Å². The molecule has 1 fully saturated rings. The Bertz CT molecular complexity index is 280. The van der Waals surface area contributed by atoms with Crippen LogP contribution in [0.15, 0.2) is 0 Å². The molecule has 0 spiro atoms. The second-order valence-corrected chi connectivity index (χ2v) is 7.15. The molecule has 1 rings (SSSR count). The van der Waals surface area contributed by atoms with Crippen LogP contribution in [0.4, 0.5) is 0 Å². The second-order valence-electron chi connectivity index (χ2n) is 2.85. The van der Waals surface area contributed by atoms with Crippen molar-refractivity contribution in [3.8, 4) is 0 Å². The first kappa shape index (κ1) is 15.1. The third-order valence-electron chi connectivity index (χ3n) is 1.83.